The highest BCUT2D eigenvalue weighted by Crippen LogP contribution is 2.16. The van der Waals surface area contributed by atoms with Crippen molar-refractivity contribution >= 4 is 11.6 Å². The SMILES string of the molecule is CC[C@H](CO)NC(=O)c1cccc(C)c1N. The van der Waals surface area contributed by atoms with Crippen LogP contribution in [0.5, 0.6) is 0 Å². The van der Waals surface area contributed by atoms with Crippen molar-refractivity contribution in [1.29, 1.82) is 0 Å². The smallest absolute Gasteiger partial charge is 0.253 e. The van der Waals surface area contributed by atoms with E-state index in [9.17, 15) is 4.79 Å². The van der Waals surface area contributed by atoms with Gasteiger partial charge in [-0.1, -0.05) is 19.1 Å². The first-order valence-electron chi connectivity index (χ1n) is 5.37. The second kappa shape index (κ2) is 5.51. The van der Waals surface area contributed by atoms with E-state index in [4.69, 9.17) is 10.8 Å². The molecule has 4 heteroatoms. The number of hydrogen-bond donors (Lipinski definition) is 3. The standard InChI is InChI=1S/C12H18N2O2/c1-3-9(7-15)14-12(16)10-6-4-5-8(2)11(10)13/h4-6,9,15H,3,7,13H2,1-2H3,(H,14,16)/t9-/m1/s1. The Kier molecular flexibility index (Phi) is 4.31. The van der Waals surface area contributed by atoms with Crippen LogP contribution in [0.2, 0.25) is 0 Å². The predicted molar refractivity (Wildman–Crippen MR) is 64.2 cm³/mol. The van der Waals surface area contributed by atoms with Crippen LogP contribution < -0.4 is 11.1 Å². The molecule has 1 atom stereocenters. The Morgan fingerprint density at radius 2 is 2.25 bits per heavy atom. The summed E-state index contributed by atoms with van der Waals surface area (Å²) in [6.45, 7) is 3.70. The minimum absolute atomic E-state index is 0.0615. The van der Waals surface area contributed by atoms with E-state index in [1.807, 2.05) is 19.9 Å². The number of para-hydroxylation sites is 1. The summed E-state index contributed by atoms with van der Waals surface area (Å²) in [7, 11) is 0. The lowest BCUT2D eigenvalue weighted by Crippen LogP contribution is -2.37. The summed E-state index contributed by atoms with van der Waals surface area (Å²) < 4.78 is 0. The monoisotopic (exact) mass is 222 g/mol. The zero-order valence-electron chi connectivity index (χ0n) is 9.66. The third-order valence-electron chi connectivity index (χ3n) is 2.62. The second-order valence-corrected chi connectivity index (χ2v) is 3.80. The van der Waals surface area contributed by atoms with Crippen molar-refractivity contribution in [1.82, 2.24) is 5.32 Å². The number of anilines is 1. The lowest BCUT2D eigenvalue weighted by Gasteiger charge is -2.15. The predicted octanol–water partition coefficient (Wildman–Crippen LogP) is 1.08. The molecule has 0 aliphatic heterocycles. The maximum atomic E-state index is 11.8. The molecule has 0 heterocycles. The van der Waals surface area contributed by atoms with Gasteiger partial charge in [0.1, 0.15) is 0 Å². The molecule has 0 saturated carbocycles. The number of aryl methyl sites for hydroxylation is 1. The fraction of sp³-hybridized carbons (Fsp3) is 0.417. The molecule has 16 heavy (non-hydrogen) atoms. The number of carbonyl (C=O) groups excluding carboxylic acids is 1. The number of hydrogen-bond acceptors (Lipinski definition) is 3. The van der Waals surface area contributed by atoms with Crippen molar-refractivity contribution in [2.24, 2.45) is 0 Å². The summed E-state index contributed by atoms with van der Waals surface area (Å²) in [4.78, 5) is 11.8. The van der Waals surface area contributed by atoms with E-state index < -0.39 is 0 Å². The minimum atomic E-state index is -0.234. The van der Waals surface area contributed by atoms with Crippen molar-refractivity contribution in [2.45, 2.75) is 26.3 Å². The van der Waals surface area contributed by atoms with Crippen LogP contribution in [0.3, 0.4) is 0 Å². The summed E-state index contributed by atoms with van der Waals surface area (Å²) in [6, 6.07) is 5.12. The van der Waals surface area contributed by atoms with Crippen molar-refractivity contribution in [3.05, 3.63) is 29.3 Å². The van der Waals surface area contributed by atoms with E-state index in [1.54, 1.807) is 12.1 Å². The average Bonchev–Trinajstić information content (AvgIpc) is 2.29. The molecule has 88 valence electrons. The molecule has 0 aromatic heterocycles. The first-order valence-corrected chi connectivity index (χ1v) is 5.37. The topological polar surface area (TPSA) is 75.3 Å². The maximum Gasteiger partial charge on any atom is 0.253 e. The van der Waals surface area contributed by atoms with E-state index in [-0.39, 0.29) is 18.6 Å². The Hall–Kier alpha value is -1.55. The number of nitrogen functional groups attached to an aromatic ring is 1. The maximum absolute atomic E-state index is 11.8. The zero-order chi connectivity index (χ0) is 12.1. The van der Waals surface area contributed by atoms with Crippen LogP contribution in [0, 0.1) is 6.92 Å². The molecule has 1 rings (SSSR count). The molecule has 1 aromatic rings. The molecule has 1 aromatic carbocycles. The van der Waals surface area contributed by atoms with Crippen molar-refractivity contribution < 1.29 is 9.90 Å². The van der Waals surface area contributed by atoms with Crippen LogP contribution in [0.1, 0.15) is 29.3 Å². The summed E-state index contributed by atoms with van der Waals surface area (Å²) in [6.07, 6.45) is 0.688. The highest BCUT2D eigenvalue weighted by molar-refractivity contribution is 5.99. The second-order valence-electron chi connectivity index (χ2n) is 3.80. The highest BCUT2D eigenvalue weighted by Gasteiger charge is 2.14. The van der Waals surface area contributed by atoms with E-state index >= 15 is 0 Å². The number of benzene rings is 1. The lowest BCUT2D eigenvalue weighted by molar-refractivity contribution is 0.0916. The molecule has 0 spiro atoms. The van der Waals surface area contributed by atoms with Crippen molar-refractivity contribution in [3.8, 4) is 0 Å². The van der Waals surface area contributed by atoms with Crippen LogP contribution in [0.4, 0.5) is 5.69 Å². The van der Waals surface area contributed by atoms with E-state index in [0.29, 0.717) is 17.7 Å². The number of rotatable bonds is 4. The number of aliphatic hydroxyl groups is 1. The Labute approximate surface area is 95.5 Å². The molecule has 0 fully saturated rings. The van der Waals surface area contributed by atoms with Crippen molar-refractivity contribution in [2.75, 3.05) is 12.3 Å². The average molecular weight is 222 g/mol. The van der Waals surface area contributed by atoms with E-state index in [2.05, 4.69) is 5.32 Å². The van der Waals surface area contributed by atoms with Crippen LogP contribution in [-0.4, -0.2) is 23.7 Å². The summed E-state index contributed by atoms with van der Waals surface area (Å²) in [5.41, 5.74) is 7.66. The van der Waals surface area contributed by atoms with E-state index in [0.717, 1.165) is 5.56 Å². The largest absolute Gasteiger partial charge is 0.398 e. The third kappa shape index (κ3) is 2.73. The van der Waals surface area contributed by atoms with Crippen LogP contribution >= 0.6 is 0 Å². The number of nitrogens with one attached hydrogen (secondary N) is 1. The number of carbonyl (C=O) groups is 1. The van der Waals surface area contributed by atoms with Gasteiger partial charge >= 0.3 is 0 Å². The fourth-order valence-corrected chi connectivity index (χ4v) is 1.42. The molecule has 0 radical (unpaired) electrons. The van der Waals surface area contributed by atoms with Crippen LogP contribution in [-0.2, 0) is 0 Å². The Balaban J connectivity index is 2.84. The molecule has 0 aliphatic rings. The van der Waals surface area contributed by atoms with Gasteiger partial charge < -0.3 is 16.2 Å². The first-order chi connectivity index (χ1) is 7.60. The lowest BCUT2D eigenvalue weighted by atomic mass is 10.1. The van der Waals surface area contributed by atoms with Gasteiger partial charge in [-0.05, 0) is 25.0 Å². The molecular formula is C12H18N2O2. The number of nitrogens with two attached hydrogens (primary N) is 1. The summed E-state index contributed by atoms with van der Waals surface area (Å²) in [5, 5.41) is 11.7. The minimum Gasteiger partial charge on any atom is -0.398 e. The van der Waals surface area contributed by atoms with Gasteiger partial charge in [-0.2, -0.15) is 0 Å². The highest BCUT2D eigenvalue weighted by atomic mass is 16.3. The van der Waals surface area contributed by atoms with Gasteiger partial charge in [0, 0.05) is 5.69 Å². The summed E-state index contributed by atoms with van der Waals surface area (Å²) in [5.74, 6) is -0.234. The van der Waals surface area contributed by atoms with Crippen LogP contribution in [0.25, 0.3) is 0 Å². The Morgan fingerprint density at radius 3 is 2.81 bits per heavy atom. The van der Waals surface area contributed by atoms with E-state index in [1.165, 1.54) is 0 Å². The van der Waals surface area contributed by atoms with Gasteiger partial charge in [0.15, 0.2) is 0 Å². The quantitative estimate of drug-likeness (QED) is 0.667. The van der Waals surface area contributed by atoms with Gasteiger partial charge in [0.2, 0.25) is 0 Å². The molecule has 0 bridgehead atoms. The summed E-state index contributed by atoms with van der Waals surface area (Å²) >= 11 is 0. The van der Waals surface area contributed by atoms with Gasteiger partial charge in [0.05, 0.1) is 18.2 Å². The molecule has 4 N–H and O–H groups in total. The third-order valence-corrected chi connectivity index (χ3v) is 2.62. The normalized spacial score (nSPS) is 12.2. The fourth-order valence-electron chi connectivity index (χ4n) is 1.42. The van der Waals surface area contributed by atoms with Gasteiger partial charge in [-0.3, -0.25) is 4.79 Å². The number of aliphatic hydroxyl groups excluding tert-OH is 1. The van der Waals surface area contributed by atoms with Crippen molar-refractivity contribution in [3.63, 3.8) is 0 Å². The molecule has 0 saturated heterocycles. The van der Waals surface area contributed by atoms with Crippen LogP contribution in [0.15, 0.2) is 18.2 Å². The molecule has 4 nitrogen and oxygen atoms in total. The molecule has 1 amide bonds. The zero-order valence-corrected chi connectivity index (χ0v) is 9.66. The molecule has 0 aliphatic carbocycles. The molecular weight excluding hydrogens is 204 g/mol. The first kappa shape index (κ1) is 12.5. The Morgan fingerprint density at radius 1 is 1.56 bits per heavy atom. The van der Waals surface area contributed by atoms with Gasteiger partial charge in [-0.15, -0.1) is 0 Å². The number of amides is 1. The Bertz CT molecular complexity index is 373. The van der Waals surface area contributed by atoms with Gasteiger partial charge in [-0.25, -0.2) is 0 Å². The van der Waals surface area contributed by atoms with Gasteiger partial charge in [0.25, 0.3) is 5.91 Å². The molecule has 0 unspecified atom stereocenters.